The van der Waals surface area contributed by atoms with Crippen LogP contribution >= 0.6 is 15.9 Å². The summed E-state index contributed by atoms with van der Waals surface area (Å²) in [5.41, 5.74) is 0.489. The van der Waals surface area contributed by atoms with Crippen LogP contribution in [0.1, 0.15) is 28.0 Å². The van der Waals surface area contributed by atoms with E-state index in [0.717, 1.165) is 4.47 Å². The predicted molar refractivity (Wildman–Crippen MR) is 70.4 cm³/mol. The Kier molecular flexibility index (Phi) is 3.92. The molecular weight excluding hydrogens is 316 g/mol. The Balaban J connectivity index is 2.39. The third kappa shape index (κ3) is 2.80. The smallest absolute Gasteiger partial charge is 0.371 e. The molecule has 1 aromatic carbocycles. The second-order valence-corrected chi connectivity index (χ2v) is 4.71. The fourth-order valence-electron chi connectivity index (χ4n) is 1.69. The largest absolute Gasteiger partial charge is 0.496 e. The average molecular weight is 327 g/mol. The SMILES string of the molecule is COc1ccc(Br)cc1C(O)c1ccc(C(=O)O)o1. The zero-order valence-electron chi connectivity index (χ0n) is 9.96. The van der Waals surface area contributed by atoms with Crippen molar-refractivity contribution in [2.75, 3.05) is 7.11 Å². The van der Waals surface area contributed by atoms with Gasteiger partial charge in [-0.15, -0.1) is 0 Å². The maximum absolute atomic E-state index is 10.7. The van der Waals surface area contributed by atoms with Crippen molar-refractivity contribution in [2.45, 2.75) is 6.10 Å². The van der Waals surface area contributed by atoms with Gasteiger partial charge in [0.1, 0.15) is 17.6 Å². The predicted octanol–water partition coefficient (Wildman–Crippen LogP) is 2.83. The second kappa shape index (κ2) is 5.46. The summed E-state index contributed by atoms with van der Waals surface area (Å²) < 4.78 is 11.0. The van der Waals surface area contributed by atoms with Gasteiger partial charge in [-0.3, -0.25) is 0 Å². The first kappa shape index (κ1) is 13.6. The lowest BCUT2D eigenvalue weighted by molar-refractivity contribution is 0.0655. The van der Waals surface area contributed by atoms with Crippen LogP contribution in [-0.4, -0.2) is 23.3 Å². The maximum Gasteiger partial charge on any atom is 0.371 e. The standard InChI is InChI=1S/C13H11BrO5/c1-18-9-3-2-7(14)6-8(9)12(15)10-4-5-11(19-10)13(16)17/h2-6,12,15H,1H3,(H,16,17). The third-order valence-electron chi connectivity index (χ3n) is 2.59. The Labute approximate surface area is 117 Å². The number of carboxylic acid groups (broad SMARTS) is 1. The monoisotopic (exact) mass is 326 g/mol. The van der Waals surface area contributed by atoms with Gasteiger partial charge in [-0.1, -0.05) is 15.9 Å². The Morgan fingerprint density at radius 1 is 1.37 bits per heavy atom. The van der Waals surface area contributed by atoms with E-state index in [9.17, 15) is 9.90 Å². The van der Waals surface area contributed by atoms with E-state index in [0.29, 0.717) is 11.3 Å². The first-order valence-corrected chi connectivity index (χ1v) is 6.16. The highest BCUT2D eigenvalue weighted by molar-refractivity contribution is 9.10. The van der Waals surface area contributed by atoms with Crippen LogP contribution in [0.3, 0.4) is 0 Å². The van der Waals surface area contributed by atoms with E-state index < -0.39 is 12.1 Å². The molecule has 19 heavy (non-hydrogen) atoms. The Morgan fingerprint density at radius 2 is 2.11 bits per heavy atom. The minimum atomic E-state index is -1.18. The van der Waals surface area contributed by atoms with Gasteiger partial charge in [0.15, 0.2) is 0 Å². The molecule has 0 bridgehead atoms. The van der Waals surface area contributed by atoms with Gasteiger partial charge in [-0.2, -0.15) is 0 Å². The minimum absolute atomic E-state index is 0.147. The van der Waals surface area contributed by atoms with Gasteiger partial charge in [-0.05, 0) is 30.3 Å². The lowest BCUT2D eigenvalue weighted by atomic mass is 10.1. The molecule has 0 saturated carbocycles. The van der Waals surface area contributed by atoms with Crippen LogP contribution in [0, 0.1) is 0 Å². The lowest BCUT2D eigenvalue weighted by Gasteiger charge is -2.13. The lowest BCUT2D eigenvalue weighted by Crippen LogP contribution is -2.01. The second-order valence-electron chi connectivity index (χ2n) is 3.80. The summed E-state index contributed by atoms with van der Waals surface area (Å²) in [4.78, 5) is 10.7. The highest BCUT2D eigenvalue weighted by atomic mass is 79.9. The molecule has 1 unspecified atom stereocenters. The number of hydrogen-bond donors (Lipinski definition) is 2. The first-order valence-electron chi connectivity index (χ1n) is 5.37. The topological polar surface area (TPSA) is 79.9 Å². The summed E-state index contributed by atoms with van der Waals surface area (Å²) in [6.45, 7) is 0. The van der Waals surface area contributed by atoms with Gasteiger partial charge in [0.25, 0.3) is 0 Å². The Morgan fingerprint density at radius 3 is 2.68 bits per heavy atom. The number of ether oxygens (including phenoxy) is 1. The van der Waals surface area contributed by atoms with Crippen molar-refractivity contribution in [3.8, 4) is 5.75 Å². The van der Waals surface area contributed by atoms with Crippen LogP contribution in [0.15, 0.2) is 39.2 Å². The molecule has 0 fully saturated rings. The number of furan rings is 1. The number of aliphatic hydroxyl groups is 1. The summed E-state index contributed by atoms with van der Waals surface area (Å²) >= 11 is 3.30. The zero-order valence-corrected chi connectivity index (χ0v) is 11.5. The highest BCUT2D eigenvalue weighted by Crippen LogP contribution is 2.33. The fourth-order valence-corrected chi connectivity index (χ4v) is 2.07. The number of methoxy groups -OCH3 is 1. The van der Waals surface area contributed by atoms with Crippen LogP contribution in [0.4, 0.5) is 0 Å². The fraction of sp³-hybridized carbons (Fsp3) is 0.154. The van der Waals surface area contributed by atoms with Crippen LogP contribution in [0.5, 0.6) is 5.75 Å². The van der Waals surface area contributed by atoms with Crippen molar-refractivity contribution in [3.05, 3.63) is 51.9 Å². The molecule has 5 nitrogen and oxygen atoms in total. The molecule has 0 aliphatic carbocycles. The molecule has 1 atom stereocenters. The van der Waals surface area contributed by atoms with Crippen molar-refractivity contribution >= 4 is 21.9 Å². The number of aromatic carboxylic acids is 1. The Hall–Kier alpha value is -1.79. The van der Waals surface area contributed by atoms with Gasteiger partial charge in [0.2, 0.25) is 5.76 Å². The molecular formula is C13H11BrO5. The first-order chi connectivity index (χ1) is 9.02. The van der Waals surface area contributed by atoms with E-state index in [1.165, 1.54) is 19.2 Å². The van der Waals surface area contributed by atoms with Crippen molar-refractivity contribution in [1.29, 1.82) is 0 Å². The summed E-state index contributed by atoms with van der Waals surface area (Å²) in [6, 6.07) is 7.88. The third-order valence-corrected chi connectivity index (χ3v) is 3.09. The number of rotatable bonds is 4. The van der Waals surface area contributed by atoms with Gasteiger partial charge in [-0.25, -0.2) is 4.79 Å². The quantitative estimate of drug-likeness (QED) is 0.903. The summed E-state index contributed by atoms with van der Waals surface area (Å²) in [5.74, 6) is -0.763. The van der Waals surface area contributed by atoms with Gasteiger partial charge in [0, 0.05) is 10.0 Å². The summed E-state index contributed by atoms with van der Waals surface area (Å²) in [7, 11) is 1.49. The molecule has 1 aromatic heterocycles. The highest BCUT2D eigenvalue weighted by Gasteiger charge is 2.20. The number of hydrogen-bond acceptors (Lipinski definition) is 4. The van der Waals surface area contributed by atoms with Gasteiger partial charge < -0.3 is 19.4 Å². The molecule has 0 saturated heterocycles. The number of aliphatic hydroxyl groups excluding tert-OH is 1. The molecule has 2 aromatic rings. The summed E-state index contributed by atoms with van der Waals surface area (Å²) in [5, 5.41) is 19.0. The van der Waals surface area contributed by atoms with Crippen molar-refractivity contribution < 1.29 is 24.2 Å². The molecule has 0 aliphatic heterocycles. The molecule has 0 spiro atoms. The number of benzene rings is 1. The van der Waals surface area contributed by atoms with Crippen molar-refractivity contribution in [1.82, 2.24) is 0 Å². The Bertz CT molecular complexity index is 605. The minimum Gasteiger partial charge on any atom is -0.496 e. The van der Waals surface area contributed by atoms with Crippen LogP contribution in [0.25, 0.3) is 0 Å². The zero-order chi connectivity index (χ0) is 14.0. The summed E-state index contributed by atoms with van der Waals surface area (Å²) in [6.07, 6.45) is -1.10. The number of halogens is 1. The molecule has 0 aliphatic rings. The van der Waals surface area contributed by atoms with Gasteiger partial charge >= 0.3 is 5.97 Å². The van der Waals surface area contributed by atoms with E-state index in [2.05, 4.69) is 15.9 Å². The normalized spacial score (nSPS) is 12.2. The van der Waals surface area contributed by atoms with E-state index in [-0.39, 0.29) is 11.5 Å². The number of carboxylic acids is 1. The van der Waals surface area contributed by atoms with Crippen LogP contribution < -0.4 is 4.74 Å². The van der Waals surface area contributed by atoms with Crippen LogP contribution in [0.2, 0.25) is 0 Å². The number of carbonyl (C=O) groups is 1. The van der Waals surface area contributed by atoms with Gasteiger partial charge in [0.05, 0.1) is 7.11 Å². The molecule has 1 heterocycles. The van der Waals surface area contributed by atoms with E-state index in [1.807, 2.05) is 0 Å². The molecule has 2 N–H and O–H groups in total. The van der Waals surface area contributed by atoms with Crippen molar-refractivity contribution in [3.63, 3.8) is 0 Å². The van der Waals surface area contributed by atoms with E-state index in [1.54, 1.807) is 18.2 Å². The van der Waals surface area contributed by atoms with E-state index >= 15 is 0 Å². The molecule has 100 valence electrons. The molecule has 6 heteroatoms. The average Bonchev–Trinajstić information content (AvgIpc) is 2.87. The van der Waals surface area contributed by atoms with E-state index in [4.69, 9.17) is 14.3 Å². The van der Waals surface area contributed by atoms with Crippen molar-refractivity contribution in [2.24, 2.45) is 0 Å². The molecule has 0 amide bonds. The van der Waals surface area contributed by atoms with Crippen LogP contribution in [-0.2, 0) is 0 Å². The molecule has 2 rings (SSSR count). The maximum atomic E-state index is 10.7. The molecule has 0 radical (unpaired) electrons.